The molecule has 0 aliphatic carbocycles. The third kappa shape index (κ3) is 5.77. The molecule has 0 bridgehead atoms. The third-order valence-electron chi connectivity index (χ3n) is 3.53. The summed E-state index contributed by atoms with van der Waals surface area (Å²) in [6, 6.07) is 0.00727. The van der Waals surface area contributed by atoms with Crippen molar-refractivity contribution in [1.82, 2.24) is 9.80 Å². The maximum Gasteiger partial charge on any atom is 0.320 e. The molecule has 6 heteroatoms. The highest BCUT2D eigenvalue weighted by molar-refractivity contribution is 5.76. The molecule has 1 fully saturated rings. The van der Waals surface area contributed by atoms with E-state index in [9.17, 15) is 9.59 Å². The molecule has 0 saturated carbocycles. The molecule has 1 saturated heterocycles. The minimum atomic E-state index is -0.295. The molecule has 116 valence electrons. The molecule has 1 aliphatic rings. The molecule has 0 N–H and O–H groups in total. The summed E-state index contributed by atoms with van der Waals surface area (Å²) in [6.45, 7) is 2.97. The van der Waals surface area contributed by atoms with Crippen LogP contribution < -0.4 is 0 Å². The molecule has 6 nitrogen and oxygen atoms in total. The van der Waals surface area contributed by atoms with Crippen molar-refractivity contribution in [3.05, 3.63) is 0 Å². The van der Waals surface area contributed by atoms with Crippen molar-refractivity contribution in [2.75, 3.05) is 47.0 Å². The maximum absolute atomic E-state index is 12.5. The van der Waals surface area contributed by atoms with Crippen LogP contribution in [0.3, 0.4) is 0 Å². The fourth-order valence-electron chi connectivity index (χ4n) is 2.29. The lowest BCUT2D eigenvalue weighted by Crippen LogP contribution is -2.45. The van der Waals surface area contributed by atoms with Gasteiger partial charge in [0, 0.05) is 33.3 Å². The Morgan fingerprint density at radius 3 is 2.25 bits per heavy atom. The number of amides is 2. The highest BCUT2D eigenvalue weighted by Gasteiger charge is 2.22. The highest BCUT2D eigenvalue weighted by Crippen LogP contribution is 2.12. The van der Waals surface area contributed by atoms with Gasteiger partial charge in [-0.3, -0.25) is 4.79 Å². The summed E-state index contributed by atoms with van der Waals surface area (Å²) in [5.41, 5.74) is 0. The Morgan fingerprint density at radius 2 is 1.70 bits per heavy atom. The van der Waals surface area contributed by atoms with Crippen molar-refractivity contribution in [2.24, 2.45) is 0 Å². The second-order valence-electron chi connectivity index (χ2n) is 4.99. The van der Waals surface area contributed by atoms with Crippen molar-refractivity contribution in [3.8, 4) is 0 Å². The number of carbonyl (C=O) groups excluding carboxylic acids is 2. The number of ether oxygens (including phenoxy) is 2. The van der Waals surface area contributed by atoms with Crippen LogP contribution in [-0.4, -0.2) is 68.8 Å². The molecule has 1 rings (SSSR count). The third-order valence-corrected chi connectivity index (χ3v) is 3.53. The first kappa shape index (κ1) is 16.8. The first-order valence-electron chi connectivity index (χ1n) is 7.28. The molecular formula is C14H26N2O4. The van der Waals surface area contributed by atoms with E-state index in [1.54, 1.807) is 12.0 Å². The number of carbonyl (C=O) groups is 2. The van der Waals surface area contributed by atoms with Gasteiger partial charge in [-0.1, -0.05) is 12.8 Å². The Labute approximate surface area is 121 Å². The number of methoxy groups -OCH3 is 2. The van der Waals surface area contributed by atoms with Gasteiger partial charge in [-0.15, -0.1) is 0 Å². The quantitative estimate of drug-likeness (QED) is 0.694. The van der Waals surface area contributed by atoms with Crippen molar-refractivity contribution < 1.29 is 19.1 Å². The minimum absolute atomic E-state index is 0.00727. The normalized spacial score (nSPS) is 15.6. The van der Waals surface area contributed by atoms with E-state index >= 15 is 0 Å². The Morgan fingerprint density at radius 1 is 1.05 bits per heavy atom. The molecule has 0 aromatic rings. The number of hydrogen-bond acceptors (Lipinski definition) is 4. The maximum atomic E-state index is 12.5. The zero-order valence-electron chi connectivity index (χ0n) is 12.6. The van der Waals surface area contributed by atoms with E-state index in [0.717, 1.165) is 25.9 Å². The van der Waals surface area contributed by atoms with Crippen molar-refractivity contribution in [3.63, 3.8) is 0 Å². The lowest BCUT2D eigenvalue weighted by molar-refractivity contribution is -0.140. The lowest BCUT2D eigenvalue weighted by atomic mass is 10.2. The molecule has 0 unspecified atom stereocenters. The molecule has 0 atom stereocenters. The summed E-state index contributed by atoms with van der Waals surface area (Å²) in [5, 5.41) is 0. The van der Waals surface area contributed by atoms with E-state index in [0.29, 0.717) is 19.7 Å². The summed E-state index contributed by atoms with van der Waals surface area (Å²) in [5.74, 6) is -0.295. The standard InChI is InChI=1S/C14H26N2O4/c1-19-12-11-16(10-7-13(17)20-2)14(18)15-8-5-3-4-6-9-15/h3-12H2,1-2H3. The first-order valence-corrected chi connectivity index (χ1v) is 7.28. The van der Waals surface area contributed by atoms with Crippen molar-refractivity contribution in [2.45, 2.75) is 32.1 Å². The van der Waals surface area contributed by atoms with E-state index in [2.05, 4.69) is 4.74 Å². The van der Waals surface area contributed by atoms with Crippen LogP contribution in [0.25, 0.3) is 0 Å². The Hall–Kier alpha value is -1.30. The lowest BCUT2D eigenvalue weighted by Gasteiger charge is -2.29. The smallest absolute Gasteiger partial charge is 0.320 e. The van der Waals surface area contributed by atoms with E-state index in [1.807, 2.05) is 4.90 Å². The Balaban J connectivity index is 2.54. The average Bonchev–Trinajstić information content (AvgIpc) is 2.75. The van der Waals surface area contributed by atoms with Gasteiger partial charge in [-0.2, -0.15) is 0 Å². The summed E-state index contributed by atoms with van der Waals surface area (Å²) >= 11 is 0. The van der Waals surface area contributed by atoms with Gasteiger partial charge in [-0.25, -0.2) is 4.79 Å². The topological polar surface area (TPSA) is 59.1 Å². The fourth-order valence-corrected chi connectivity index (χ4v) is 2.29. The summed E-state index contributed by atoms with van der Waals surface area (Å²) in [6.07, 6.45) is 4.70. The Kier molecular flexibility index (Phi) is 8.02. The van der Waals surface area contributed by atoms with E-state index in [-0.39, 0.29) is 18.4 Å². The van der Waals surface area contributed by atoms with Gasteiger partial charge in [0.2, 0.25) is 0 Å². The van der Waals surface area contributed by atoms with Crippen LogP contribution >= 0.6 is 0 Å². The number of nitrogens with zero attached hydrogens (tertiary/aromatic N) is 2. The monoisotopic (exact) mass is 286 g/mol. The van der Waals surface area contributed by atoms with Crippen LogP contribution in [0.4, 0.5) is 4.79 Å². The van der Waals surface area contributed by atoms with Crippen molar-refractivity contribution in [1.29, 1.82) is 0 Å². The predicted molar refractivity (Wildman–Crippen MR) is 75.5 cm³/mol. The molecule has 0 aromatic carbocycles. The zero-order chi connectivity index (χ0) is 14.8. The first-order chi connectivity index (χ1) is 9.69. The summed E-state index contributed by atoms with van der Waals surface area (Å²) in [7, 11) is 2.97. The number of rotatable bonds is 6. The van der Waals surface area contributed by atoms with E-state index < -0.39 is 0 Å². The second-order valence-corrected chi connectivity index (χ2v) is 4.99. The summed E-state index contributed by atoms with van der Waals surface area (Å²) in [4.78, 5) is 27.3. The van der Waals surface area contributed by atoms with Gasteiger partial charge in [-0.05, 0) is 12.8 Å². The van der Waals surface area contributed by atoms with Gasteiger partial charge in [0.15, 0.2) is 0 Å². The van der Waals surface area contributed by atoms with Crippen LogP contribution in [0.1, 0.15) is 32.1 Å². The van der Waals surface area contributed by atoms with Crippen LogP contribution in [-0.2, 0) is 14.3 Å². The van der Waals surface area contributed by atoms with Gasteiger partial charge < -0.3 is 19.3 Å². The van der Waals surface area contributed by atoms with E-state index in [1.165, 1.54) is 20.0 Å². The molecule has 0 spiro atoms. The molecule has 20 heavy (non-hydrogen) atoms. The van der Waals surface area contributed by atoms with Crippen LogP contribution in [0.5, 0.6) is 0 Å². The van der Waals surface area contributed by atoms with Crippen LogP contribution in [0.15, 0.2) is 0 Å². The number of hydrogen-bond donors (Lipinski definition) is 0. The summed E-state index contributed by atoms with van der Waals surface area (Å²) < 4.78 is 9.67. The van der Waals surface area contributed by atoms with Crippen molar-refractivity contribution >= 4 is 12.0 Å². The zero-order valence-corrected chi connectivity index (χ0v) is 12.6. The number of urea groups is 1. The van der Waals surface area contributed by atoms with Gasteiger partial charge in [0.1, 0.15) is 0 Å². The van der Waals surface area contributed by atoms with Gasteiger partial charge in [0.05, 0.1) is 20.1 Å². The SMILES string of the molecule is COCCN(CCC(=O)OC)C(=O)N1CCCCCC1. The van der Waals surface area contributed by atoms with Crippen LogP contribution in [0.2, 0.25) is 0 Å². The number of likely N-dealkylation sites (tertiary alicyclic amines) is 1. The van der Waals surface area contributed by atoms with E-state index in [4.69, 9.17) is 4.74 Å². The number of esters is 1. The molecule has 1 heterocycles. The van der Waals surface area contributed by atoms with Gasteiger partial charge in [0.25, 0.3) is 0 Å². The molecule has 1 aliphatic heterocycles. The predicted octanol–water partition coefficient (Wildman–Crippen LogP) is 1.49. The highest BCUT2D eigenvalue weighted by atomic mass is 16.5. The minimum Gasteiger partial charge on any atom is -0.469 e. The largest absolute Gasteiger partial charge is 0.469 e. The fraction of sp³-hybridized carbons (Fsp3) is 0.857. The second kappa shape index (κ2) is 9.58. The van der Waals surface area contributed by atoms with Gasteiger partial charge >= 0.3 is 12.0 Å². The Bertz CT molecular complexity index is 302. The van der Waals surface area contributed by atoms with Crippen LogP contribution in [0, 0.1) is 0 Å². The molecule has 0 aromatic heterocycles. The molecular weight excluding hydrogens is 260 g/mol. The molecule has 2 amide bonds. The molecule has 0 radical (unpaired) electrons. The average molecular weight is 286 g/mol.